The number of thiophene rings is 1. The fraction of sp³-hybridized carbons (Fsp3) is 0. The second-order valence-corrected chi connectivity index (χ2v) is 5.58. The Bertz CT molecular complexity index is 516. The monoisotopic (exact) mass is 318 g/mol. The van der Waals surface area contributed by atoms with Crippen molar-refractivity contribution >= 4 is 44.7 Å². The first-order valence-electron chi connectivity index (χ1n) is 4.33. The van der Waals surface area contributed by atoms with E-state index in [0.717, 1.165) is 0 Å². The summed E-state index contributed by atoms with van der Waals surface area (Å²) in [5.74, 6) is -0.514. The molecular formula is C11H5BrClFOS. The highest BCUT2D eigenvalue weighted by atomic mass is 79.9. The number of hydrogen-bond donors (Lipinski definition) is 0. The molecular weight excluding hydrogens is 315 g/mol. The molecule has 0 aliphatic heterocycles. The van der Waals surface area contributed by atoms with Crippen LogP contribution in [0.15, 0.2) is 34.8 Å². The van der Waals surface area contributed by atoms with Gasteiger partial charge in [0.05, 0.1) is 4.88 Å². The van der Waals surface area contributed by atoms with Gasteiger partial charge in [-0.3, -0.25) is 4.79 Å². The molecule has 0 aliphatic carbocycles. The van der Waals surface area contributed by atoms with Crippen molar-refractivity contribution in [1.82, 2.24) is 0 Å². The summed E-state index contributed by atoms with van der Waals surface area (Å²) in [7, 11) is 0. The summed E-state index contributed by atoms with van der Waals surface area (Å²) in [6.07, 6.45) is 0. The van der Waals surface area contributed by atoms with E-state index in [0.29, 0.717) is 19.2 Å². The van der Waals surface area contributed by atoms with Crippen molar-refractivity contribution in [3.63, 3.8) is 0 Å². The predicted octanol–water partition coefficient (Wildman–Crippen LogP) is 4.53. The lowest BCUT2D eigenvalue weighted by molar-refractivity contribution is 0.104. The molecule has 0 atom stereocenters. The zero-order chi connectivity index (χ0) is 11.7. The maximum absolute atomic E-state index is 12.7. The van der Waals surface area contributed by atoms with Gasteiger partial charge in [0.15, 0.2) is 0 Å². The molecule has 2 aromatic rings. The lowest BCUT2D eigenvalue weighted by atomic mass is 10.1. The third-order valence-electron chi connectivity index (χ3n) is 1.98. The van der Waals surface area contributed by atoms with E-state index in [-0.39, 0.29) is 11.6 Å². The molecule has 0 saturated carbocycles. The van der Waals surface area contributed by atoms with Crippen LogP contribution in [-0.2, 0) is 0 Å². The van der Waals surface area contributed by atoms with Gasteiger partial charge in [0.25, 0.3) is 0 Å². The van der Waals surface area contributed by atoms with Gasteiger partial charge in [-0.15, -0.1) is 11.3 Å². The molecule has 1 aromatic heterocycles. The molecule has 5 heteroatoms. The number of hydrogen-bond acceptors (Lipinski definition) is 2. The first kappa shape index (κ1) is 11.8. The van der Waals surface area contributed by atoms with Crippen molar-refractivity contribution in [3.8, 4) is 0 Å². The lowest BCUT2D eigenvalue weighted by Crippen LogP contribution is -1.97. The summed E-state index contributed by atoms with van der Waals surface area (Å²) in [6, 6.07) is 7.10. The molecule has 0 spiro atoms. The largest absolute Gasteiger partial charge is 0.288 e. The van der Waals surface area contributed by atoms with Crippen LogP contribution in [0, 0.1) is 5.82 Å². The summed E-state index contributed by atoms with van der Waals surface area (Å²) >= 11 is 10.3. The van der Waals surface area contributed by atoms with E-state index in [1.807, 2.05) is 0 Å². The molecule has 0 saturated heterocycles. The summed E-state index contributed by atoms with van der Waals surface area (Å²) in [5, 5.41) is 0. The van der Waals surface area contributed by atoms with Gasteiger partial charge in [-0.1, -0.05) is 11.6 Å². The van der Waals surface area contributed by atoms with Crippen molar-refractivity contribution in [2.24, 2.45) is 0 Å². The van der Waals surface area contributed by atoms with Crippen LogP contribution >= 0.6 is 38.9 Å². The van der Waals surface area contributed by atoms with E-state index < -0.39 is 0 Å². The minimum absolute atomic E-state index is 0.155. The Hall–Kier alpha value is -0.710. The second-order valence-electron chi connectivity index (χ2n) is 3.07. The van der Waals surface area contributed by atoms with Crippen molar-refractivity contribution in [2.45, 2.75) is 0 Å². The first-order valence-corrected chi connectivity index (χ1v) is 6.32. The van der Waals surface area contributed by atoms with E-state index in [1.165, 1.54) is 35.6 Å². The zero-order valence-corrected chi connectivity index (χ0v) is 11.0. The maximum Gasteiger partial charge on any atom is 0.203 e. The third kappa shape index (κ3) is 2.34. The topological polar surface area (TPSA) is 17.1 Å². The second kappa shape index (κ2) is 4.65. The van der Waals surface area contributed by atoms with Crippen molar-refractivity contribution in [1.29, 1.82) is 0 Å². The van der Waals surface area contributed by atoms with Crippen LogP contribution in [0.4, 0.5) is 4.39 Å². The standard InChI is InChI=1S/C11H5BrClFOS/c12-8-5-9(16-11(8)13)10(15)6-1-3-7(14)4-2-6/h1-5H. The Morgan fingerprint density at radius 1 is 1.31 bits per heavy atom. The van der Waals surface area contributed by atoms with Crippen LogP contribution in [0.3, 0.4) is 0 Å². The summed E-state index contributed by atoms with van der Waals surface area (Å²) in [5.41, 5.74) is 0.451. The van der Waals surface area contributed by atoms with E-state index in [1.54, 1.807) is 6.07 Å². The van der Waals surface area contributed by atoms with Gasteiger partial charge < -0.3 is 0 Å². The van der Waals surface area contributed by atoms with E-state index in [2.05, 4.69) is 15.9 Å². The summed E-state index contributed by atoms with van der Waals surface area (Å²) in [4.78, 5) is 12.5. The van der Waals surface area contributed by atoms with Crippen LogP contribution in [-0.4, -0.2) is 5.78 Å². The fourth-order valence-corrected chi connectivity index (χ4v) is 2.87. The number of halogens is 3. The molecule has 1 heterocycles. The average molecular weight is 320 g/mol. The van der Waals surface area contributed by atoms with Crippen LogP contribution in [0.5, 0.6) is 0 Å². The van der Waals surface area contributed by atoms with E-state index in [4.69, 9.17) is 11.6 Å². The molecule has 0 bridgehead atoms. The van der Waals surface area contributed by atoms with Gasteiger partial charge >= 0.3 is 0 Å². The summed E-state index contributed by atoms with van der Waals surface area (Å²) < 4.78 is 13.9. The van der Waals surface area contributed by atoms with E-state index >= 15 is 0 Å². The summed E-state index contributed by atoms with van der Waals surface area (Å²) in [6.45, 7) is 0. The molecule has 0 unspecified atom stereocenters. The minimum Gasteiger partial charge on any atom is -0.288 e. The van der Waals surface area contributed by atoms with Crippen molar-refractivity contribution in [3.05, 3.63) is 55.4 Å². The average Bonchev–Trinajstić information content (AvgIpc) is 2.59. The molecule has 0 radical (unpaired) electrons. The normalized spacial score (nSPS) is 10.4. The van der Waals surface area contributed by atoms with Gasteiger partial charge in [-0.25, -0.2) is 4.39 Å². The first-order chi connectivity index (χ1) is 7.58. The highest BCUT2D eigenvalue weighted by Gasteiger charge is 2.14. The molecule has 2 rings (SSSR count). The molecule has 1 nitrogen and oxygen atoms in total. The van der Waals surface area contributed by atoms with Gasteiger partial charge in [0.1, 0.15) is 10.2 Å². The number of rotatable bonds is 2. The van der Waals surface area contributed by atoms with Crippen LogP contribution in [0.2, 0.25) is 4.34 Å². The van der Waals surface area contributed by atoms with Crippen molar-refractivity contribution < 1.29 is 9.18 Å². The molecule has 82 valence electrons. The minimum atomic E-state index is -0.359. The smallest absolute Gasteiger partial charge is 0.203 e. The van der Waals surface area contributed by atoms with Crippen molar-refractivity contribution in [2.75, 3.05) is 0 Å². The quantitative estimate of drug-likeness (QED) is 0.743. The van der Waals surface area contributed by atoms with Gasteiger partial charge in [0.2, 0.25) is 5.78 Å². The Labute approximate surface area is 109 Å². The molecule has 16 heavy (non-hydrogen) atoms. The van der Waals surface area contributed by atoms with E-state index in [9.17, 15) is 9.18 Å². The predicted molar refractivity (Wildman–Crippen MR) is 66.9 cm³/mol. The lowest BCUT2D eigenvalue weighted by Gasteiger charge is -1.96. The number of benzene rings is 1. The maximum atomic E-state index is 12.7. The van der Waals surface area contributed by atoms with Crippen LogP contribution in [0.25, 0.3) is 0 Å². The molecule has 0 amide bonds. The molecule has 0 N–H and O–H groups in total. The molecule has 0 aliphatic rings. The molecule has 0 fully saturated rings. The Kier molecular flexibility index (Phi) is 3.42. The fourth-order valence-electron chi connectivity index (χ4n) is 1.20. The number of carbonyl (C=O) groups is 1. The van der Waals surface area contributed by atoms with Gasteiger partial charge in [-0.2, -0.15) is 0 Å². The molecule has 1 aromatic carbocycles. The van der Waals surface area contributed by atoms with Gasteiger partial charge in [0, 0.05) is 10.0 Å². The SMILES string of the molecule is O=C(c1ccc(F)cc1)c1cc(Br)c(Cl)s1. The number of ketones is 1. The highest BCUT2D eigenvalue weighted by Crippen LogP contribution is 2.33. The van der Waals surface area contributed by atoms with Crippen LogP contribution in [0.1, 0.15) is 15.2 Å². The Balaban J connectivity index is 2.35. The third-order valence-corrected chi connectivity index (χ3v) is 4.45. The van der Waals surface area contributed by atoms with Gasteiger partial charge in [-0.05, 0) is 46.3 Å². The Morgan fingerprint density at radius 3 is 2.44 bits per heavy atom. The number of carbonyl (C=O) groups excluding carboxylic acids is 1. The Morgan fingerprint density at radius 2 is 1.94 bits per heavy atom. The highest BCUT2D eigenvalue weighted by molar-refractivity contribution is 9.10. The van der Waals surface area contributed by atoms with Crippen LogP contribution < -0.4 is 0 Å². The zero-order valence-electron chi connectivity index (χ0n) is 7.84.